The van der Waals surface area contributed by atoms with E-state index in [1.807, 2.05) is 20.8 Å². The number of rotatable bonds is 25. The minimum Gasteiger partial charge on any atom is -0.377 e. The maximum Gasteiger partial charge on any atom is 0.500 e. The fraction of sp³-hybridized carbons (Fsp3) is 1.00. The quantitative estimate of drug-likeness (QED) is 0.118. The van der Waals surface area contributed by atoms with Crippen LogP contribution in [0.2, 0.25) is 12.1 Å². The van der Waals surface area contributed by atoms with Gasteiger partial charge in [-0.1, -0.05) is 39.0 Å². The summed E-state index contributed by atoms with van der Waals surface area (Å²) in [6, 6.07) is 1.80. The lowest BCUT2D eigenvalue weighted by Gasteiger charge is -2.28. The average Bonchev–Trinajstić information content (AvgIpc) is 2.87. The molecule has 9 nitrogen and oxygen atoms in total. The van der Waals surface area contributed by atoms with Gasteiger partial charge >= 0.3 is 17.6 Å². The van der Waals surface area contributed by atoms with Gasteiger partial charge < -0.3 is 42.9 Å². The fourth-order valence-electron chi connectivity index (χ4n) is 3.64. The molecule has 11 heteroatoms. The van der Waals surface area contributed by atoms with Crippen LogP contribution in [0.3, 0.4) is 0 Å². The van der Waals surface area contributed by atoms with Crippen LogP contribution in [0.15, 0.2) is 0 Å². The van der Waals surface area contributed by atoms with Crippen molar-refractivity contribution in [2.75, 3.05) is 73.9 Å². The predicted octanol–water partition coefficient (Wildman–Crippen LogP) is 3.79. The van der Waals surface area contributed by atoms with Gasteiger partial charge in [0.05, 0.1) is 0 Å². The summed E-state index contributed by atoms with van der Waals surface area (Å²) in [6.45, 7) is 14.7. The maximum atomic E-state index is 5.83. The molecule has 0 aromatic carbocycles. The van der Waals surface area contributed by atoms with Gasteiger partial charge in [-0.2, -0.15) is 0 Å². The molecule has 0 unspecified atom stereocenters. The monoisotopic (exact) mass is 541 g/mol. The zero-order valence-electron chi connectivity index (χ0n) is 24.0. The summed E-state index contributed by atoms with van der Waals surface area (Å²) in [5.41, 5.74) is 5.36. The minimum atomic E-state index is -2.37. The molecule has 0 aliphatic heterocycles. The van der Waals surface area contributed by atoms with Crippen LogP contribution in [-0.2, 0) is 26.6 Å². The van der Waals surface area contributed by atoms with Crippen molar-refractivity contribution >= 4 is 17.6 Å². The number of hydrogen-bond donors (Lipinski definition) is 3. The molecule has 4 N–H and O–H groups in total. The molecule has 35 heavy (non-hydrogen) atoms. The number of nitrogens with one attached hydrogen (secondary N) is 2. The van der Waals surface area contributed by atoms with Crippen LogP contribution in [0.25, 0.3) is 0 Å². The molecule has 0 saturated carbocycles. The van der Waals surface area contributed by atoms with Crippen molar-refractivity contribution in [2.45, 2.75) is 84.7 Å². The Hall–Kier alpha value is 0.0738. The van der Waals surface area contributed by atoms with E-state index in [1.54, 1.807) is 21.3 Å². The molecule has 0 heterocycles. The van der Waals surface area contributed by atoms with E-state index in [0.717, 1.165) is 51.1 Å². The van der Waals surface area contributed by atoms with Gasteiger partial charge in [0.15, 0.2) is 0 Å². The van der Waals surface area contributed by atoms with Gasteiger partial charge in [-0.05, 0) is 40.2 Å². The van der Waals surface area contributed by atoms with Crippen molar-refractivity contribution in [3.05, 3.63) is 0 Å². The molecule has 0 fully saturated rings. The molecule has 0 aromatic rings. The third-order valence-corrected chi connectivity index (χ3v) is 11.5. The average molecular weight is 542 g/mol. The maximum absolute atomic E-state index is 5.83. The van der Waals surface area contributed by atoms with Crippen LogP contribution in [0.5, 0.6) is 0 Å². The Balaban J connectivity index is 0. The highest BCUT2D eigenvalue weighted by Gasteiger charge is 2.39. The molecule has 0 saturated heterocycles. The van der Waals surface area contributed by atoms with Crippen molar-refractivity contribution in [1.29, 1.82) is 0 Å². The van der Waals surface area contributed by atoms with Crippen molar-refractivity contribution in [3.63, 3.8) is 0 Å². The van der Waals surface area contributed by atoms with E-state index in [2.05, 4.69) is 17.6 Å². The van der Waals surface area contributed by atoms with Gasteiger partial charge in [-0.15, -0.1) is 0 Å². The highest BCUT2D eigenvalue weighted by molar-refractivity contribution is 6.61. The lowest BCUT2D eigenvalue weighted by molar-refractivity contribution is 0.0706. The second kappa shape index (κ2) is 27.1. The Bertz CT molecular complexity index is 399. The van der Waals surface area contributed by atoms with E-state index in [9.17, 15) is 0 Å². The summed E-state index contributed by atoms with van der Waals surface area (Å²) in [4.78, 5) is 0. The Kier molecular flexibility index (Phi) is 28.8. The lowest BCUT2D eigenvalue weighted by Crippen LogP contribution is -2.45. The molecule has 0 spiro atoms. The molecule has 214 valence electrons. The molecule has 0 atom stereocenters. The number of nitrogens with two attached hydrogens (primary N) is 1. The Labute approximate surface area is 219 Å². The Morgan fingerprint density at radius 2 is 1.00 bits per heavy atom. The molecular formula is C24H59N3O6Si2. The zero-order chi connectivity index (χ0) is 26.7. The Morgan fingerprint density at radius 1 is 0.543 bits per heavy atom. The van der Waals surface area contributed by atoms with Gasteiger partial charge in [-0.25, -0.2) is 0 Å². The van der Waals surface area contributed by atoms with Crippen molar-refractivity contribution in [1.82, 2.24) is 10.6 Å². The molecule has 0 rings (SSSR count). The molecule has 0 aromatic heterocycles. The first-order chi connectivity index (χ1) is 17.0. The Morgan fingerprint density at radius 3 is 1.46 bits per heavy atom. The van der Waals surface area contributed by atoms with Crippen molar-refractivity contribution in [2.24, 2.45) is 5.73 Å². The summed E-state index contributed by atoms with van der Waals surface area (Å²) < 4.78 is 33.5. The van der Waals surface area contributed by atoms with Crippen LogP contribution in [0, 0.1) is 0 Å². The van der Waals surface area contributed by atoms with Gasteiger partial charge in [0, 0.05) is 79.4 Å². The van der Waals surface area contributed by atoms with Crippen LogP contribution in [-0.4, -0.2) is 91.5 Å². The molecular weight excluding hydrogens is 482 g/mol. The summed E-state index contributed by atoms with van der Waals surface area (Å²) in [6.07, 6.45) is 8.74. The SMILES string of the molecule is CCCCCCCC[Si](OCC)(OCC)OCC.CO[Si](CCCNCCNCCN)(OC)OC. The predicted molar refractivity (Wildman–Crippen MR) is 150 cm³/mol. The highest BCUT2D eigenvalue weighted by Crippen LogP contribution is 2.20. The van der Waals surface area contributed by atoms with Crippen molar-refractivity contribution in [3.8, 4) is 0 Å². The molecule has 0 radical (unpaired) electrons. The van der Waals surface area contributed by atoms with E-state index >= 15 is 0 Å². The number of hydrogen-bond acceptors (Lipinski definition) is 9. The van der Waals surface area contributed by atoms with E-state index in [0.29, 0.717) is 26.4 Å². The van der Waals surface area contributed by atoms with Crippen LogP contribution in [0.4, 0.5) is 0 Å². The topological polar surface area (TPSA) is 105 Å². The largest absolute Gasteiger partial charge is 0.500 e. The normalized spacial score (nSPS) is 12.0. The third-order valence-electron chi connectivity index (χ3n) is 5.50. The van der Waals surface area contributed by atoms with Crippen LogP contribution < -0.4 is 16.4 Å². The van der Waals surface area contributed by atoms with E-state index < -0.39 is 17.6 Å². The van der Waals surface area contributed by atoms with E-state index in [-0.39, 0.29) is 0 Å². The minimum absolute atomic E-state index is 0.683. The summed E-state index contributed by atoms with van der Waals surface area (Å²) >= 11 is 0. The first-order valence-corrected chi connectivity index (χ1v) is 17.5. The van der Waals surface area contributed by atoms with Gasteiger partial charge in [0.2, 0.25) is 0 Å². The number of unbranched alkanes of at least 4 members (excludes halogenated alkanes) is 5. The van der Waals surface area contributed by atoms with Gasteiger partial charge in [0.1, 0.15) is 0 Å². The standard InChI is InChI=1S/C14H32O3Si.C10H27N3O3Si/c1-5-9-10-11-12-13-14-18(15-6-2,16-7-3)17-8-4;1-14-17(15-2,16-3)10-4-6-12-8-9-13-7-5-11/h5-14H2,1-4H3;12-13H,4-11H2,1-3H3. The highest BCUT2D eigenvalue weighted by atomic mass is 28.4. The van der Waals surface area contributed by atoms with Crippen LogP contribution >= 0.6 is 0 Å². The first kappa shape index (κ1) is 37.2. The van der Waals surface area contributed by atoms with Gasteiger partial charge in [-0.3, -0.25) is 0 Å². The fourth-order valence-corrected chi connectivity index (χ4v) is 8.05. The summed E-state index contributed by atoms with van der Waals surface area (Å²) in [5, 5.41) is 6.56. The molecule has 0 aliphatic rings. The third kappa shape index (κ3) is 20.8. The van der Waals surface area contributed by atoms with Gasteiger partial charge in [0.25, 0.3) is 0 Å². The zero-order valence-corrected chi connectivity index (χ0v) is 26.0. The molecule has 0 amide bonds. The first-order valence-electron chi connectivity index (χ1n) is 13.7. The van der Waals surface area contributed by atoms with E-state index in [1.165, 1.54) is 32.1 Å². The summed E-state index contributed by atoms with van der Waals surface area (Å²) in [7, 11) is 0.192. The van der Waals surface area contributed by atoms with E-state index in [4.69, 9.17) is 32.3 Å². The molecule has 0 bridgehead atoms. The smallest absolute Gasteiger partial charge is 0.377 e. The lowest BCUT2D eigenvalue weighted by atomic mass is 10.1. The second-order valence-corrected chi connectivity index (χ2v) is 14.0. The molecule has 0 aliphatic carbocycles. The van der Waals surface area contributed by atoms with Crippen molar-refractivity contribution < 1.29 is 26.6 Å². The summed E-state index contributed by atoms with van der Waals surface area (Å²) in [5.74, 6) is 0. The second-order valence-electron chi connectivity index (χ2n) is 8.19. The van der Waals surface area contributed by atoms with Crippen LogP contribution in [0.1, 0.15) is 72.6 Å².